The minimum Gasteiger partial charge on any atom is -0.455 e. The maximum absolute atomic E-state index is 6.39. The van der Waals surface area contributed by atoms with E-state index in [4.69, 9.17) is 4.42 Å². The summed E-state index contributed by atoms with van der Waals surface area (Å²) in [6.07, 6.45) is 0. The van der Waals surface area contributed by atoms with E-state index >= 15 is 0 Å². The van der Waals surface area contributed by atoms with Gasteiger partial charge in [-0.15, -0.1) is 0 Å². The topological polar surface area (TPSA) is 32.7 Å². The fourth-order valence-electron chi connectivity index (χ4n) is 25.1. The normalized spacial score (nSPS) is 13.5. The zero-order valence-corrected chi connectivity index (χ0v) is 85.2. The highest BCUT2D eigenvalue weighted by molar-refractivity contribution is 6.14. The Bertz CT molecular complexity index is 9490. The smallest absolute Gasteiger partial charge is 0.143 e. The maximum Gasteiger partial charge on any atom is 0.143 e. The highest BCUT2D eigenvalue weighted by Gasteiger charge is 2.41. The zero-order chi connectivity index (χ0) is 101. The summed E-state index contributed by atoms with van der Waals surface area (Å²) in [6.45, 7) is 18.9. The maximum atomic E-state index is 6.39. The molecule has 0 fully saturated rings. The van der Waals surface area contributed by atoms with E-state index in [-0.39, 0.29) is 21.7 Å². The van der Waals surface area contributed by atoms with Crippen molar-refractivity contribution in [2.45, 2.75) is 77.0 Å². The van der Waals surface area contributed by atoms with Crippen molar-refractivity contribution in [2.24, 2.45) is 0 Å². The van der Waals surface area contributed by atoms with Crippen molar-refractivity contribution >= 4 is 117 Å². The summed E-state index contributed by atoms with van der Waals surface area (Å²) >= 11 is 0. The van der Waals surface area contributed by atoms with Crippen LogP contribution in [0.15, 0.2) is 520 Å². The highest BCUT2D eigenvalue weighted by Crippen LogP contribution is 2.58. The van der Waals surface area contributed by atoms with Gasteiger partial charge in [-0.25, -0.2) is 0 Å². The second-order valence-electron chi connectivity index (χ2n) is 42.6. The lowest BCUT2D eigenvalue weighted by Crippen LogP contribution is -2.18. The molecule has 3 heterocycles. The van der Waals surface area contributed by atoms with Gasteiger partial charge in [-0.1, -0.05) is 401 Å². The van der Waals surface area contributed by atoms with Gasteiger partial charge in [0, 0.05) is 122 Å². The van der Waals surface area contributed by atoms with Gasteiger partial charge in [0.2, 0.25) is 0 Å². The summed E-state index contributed by atoms with van der Waals surface area (Å²) < 4.78 is 11.2. The number of aromatic nitrogens is 2. The summed E-state index contributed by atoms with van der Waals surface area (Å²) in [5, 5.41) is 7.26. The van der Waals surface area contributed by atoms with E-state index in [0.717, 1.165) is 72.9 Å². The lowest BCUT2D eigenvalue weighted by Gasteiger charge is -2.30. The molecule has 25 aromatic rings. The number of nitrogens with zero attached hydrogens (tertiary/aromatic N) is 5. The van der Waals surface area contributed by atoms with E-state index in [9.17, 15) is 0 Å². The van der Waals surface area contributed by atoms with Crippen LogP contribution in [0.5, 0.6) is 0 Å². The largest absolute Gasteiger partial charge is 0.455 e. The number of benzene rings is 22. The molecule has 0 amide bonds. The Balaban J connectivity index is 0.000000111. The molecule has 716 valence electrons. The van der Waals surface area contributed by atoms with E-state index in [1.807, 2.05) is 12.1 Å². The molecule has 0 saturated heterocycles. The van der Waals surface area contributed by atoms with Crippen molar-refractivity contribution in [3.63, 3.8) is 0 Å². The van der Waals surface area contributed by atoms with Crippen molar-refractivity contribution in [1.82, 2.24) is 9.13 Å². The van der Waals surface area contributed by atoms with Gasteiger partial charge in [-0.2, -0.15) is 0 Å². The molecule has 4 aliphatic carbocycles. The van der Waals surface area contributed by atoms with Crippen LogP contribution in [0.4, 0.5) is 51.2 Å². The summed E-state index contributed by atoms with van der Waals surface area (Å²) in [5.41, 5.74) is 50.2. The Labute approximate surface area is 876 Å². The Morgan fingerprint density at radius 1 is 0.160 bits per heavy atom. The van der Waals surface area contributed by atoms with Crippen LogP contribution in [0.25, 0.3) is 166 Å². The standard InChI is InChI=1S/C51H37NO.C48H38N2.C45H34N2/c1-51(2)47-17-8-6-13-43(47)44-32-25-38(33-48(44)51)36-21-28-40(29-22-36)52(39-26-19-35(20-27-39)34-11-4-3-5-12-34)41-30-23-37(24-31-41)42-15-10-16-46-45-14-7-9-18-49(45)53-50(42)46;1-47(2)41-19-11-8-16-35(41)37-25-22-33(29-43(37)47)49(34-23-26-38-36-17-9-12-20-42(36)48(3,4)44(38)30-34)32-24-27-46-40(28-32)39-18-10-13-21-45(39)50(46)31-14-6-5-7-15-31;1-45(2)41-19-11-9-17-37(41)38-27-25-36(30-42(38)45)46(34-23-21-32(22-24-34)31-13-5-3-6-14-31)35-26-28-44-40(29-35)39-18-10-12-20-43(39)47(44)33-15-7-4-8-16-33/h3-33H,1-2H3;5-30H,1-4H3;3-30H,1-2H3. The van der Waals surface area contributed by atoms with E-state index in [1.54, 1.807) is 0 Å². The second-order valence-corrected chi connectivity index (χ2v) is 42.6. The van der Waals surface area contributed by atoms with E-state index in [0.29, 0.717) is 0 Å². The number of hydrogen-bond acceptors (Lipinski definition) is 4. The quantitative estimate of drug-likeness (QED) is 0.102. The minimum atomic E-state index is -0.0950. The lowest BCUT2D eigenvalue weighted by molar-refractivity contribution is 0.660. The molecule has 4 aliphatic rings. The summed E-state index contributed by atoms with van der Waals surface area (Å²) in [6, 6.07) is 188. The van der Waals surface area contributed by atoms with Crippen LogP contribution < -0.4 is 14.7 Å². The van der Waals surface area contributed by atoms with Crippen molar-refractivity contribution < 1.29 is 4.42 Å². The van der Waals surface area contributed by atoms with Crippen molar-refractivity contribution in [2.75, 3.05) is 14.7 Å². The Morgan fingerprint density at radius 2 is 0.413 bits per heavy atom. The number of fused-ring (bicyclic) bond motifs is 21. The average Bonchev–Trinajstić information content (AvgIpc) is 1.51. The number of para-hydroxylation sites is 6. The molecule has 0 saturated carbocycles. The molecule has 0 atom stereocenters. The van der Waals surface area contributed by atoms with Gasteiger partial charge in [0.1, 0.15) is 11.2 Å². The molecule has 0 aliphatic heterocycles. The van der Waals surface area contributed by atoms with Gasteiger partial charge in [0.15, 0.2) is 0 Å². The van der Waals surface area contributed by atoms with Crippen LogP contribution in [0.1, 0.15) is 99.9 Å². The van der Waals surface area contributed by atoms with E-state index in [1.165, 1.54) is 189 Å². The number of anilines is 9. The minimum absolute atomic E-state index is 0.0350. The summed E-state index contributed by atoms with van der Waals surface area (Å²) in [4.78, 5) is 7.24. The third-order valence-corrected chi connectivity index (χ3v) is 32.7. The van der Waals surface area contributed by atoms with Crippen molar-refractivity contribution in [1.29, 1.82) is 0 Å². The van der Waals surface area contributed by atoms with Crippen LogP contribution in [0.3, 0.4) is 0 Å². The molecule has 3 aromatic heterocycles. The number of rotatable bonds is 15. The van der Waals surface area contributed by atoms with Crippen molar-refractivity contribution in [3.05, 3.63) is 560 Å². The molecule has 6 nitrogen and oxygen atoms in total. The predicted molar refractivity (Wildman–Crippen MR) is 631 cm³/mol. The average molecular weight is 1930 g/mol. The third-order valence-electron chi connectivity index (χ3n) is 32.7. The number of hydrogen-bond donors (Lipinski definition) is 0. The first-order valence-corrected chi connectivity index (χ1v) is 52.4. The van der Waals surface area contributed by atoms with Gasteiger partial charge >= 0.3 is 0 Å². The van der Waals surface area contributed by atoms with Crippen LogP contribution in [0, 0.1) is 0 Å². The SMILES string of the molecule is CC1(C)c2ccccc2-c2ccc(-c3ccc(N(c4ccc(-c5ccccc5)cc4)c4ccc(-c5cccc6c5oc5ccccc56)cc4)cc3)cc21.CC1(C)c2ccccc2-c2ccc(N(c3ccc(-c4ccccc4)cc3)c3ccc4c(c3)c3ccccc3n4-c3ccccc3)cc21.CC1(C)c2ccccc2-c2ccc(N(c3ccc4c(c3)C(C)(C)c3ccccc3-4)c3ccc4c(c3)c3ccccc3n4-c3ccccc3)cc21. The first-order valence-electron chi connectivity index (χ1n) is 52.4. The van der Waals surface area contributed by atoms with E-state index < -0.39 is 0 Å². The molecular weight excluding hydrogens is 1820 g/mol. The molecule has 0 bridgehead atoms. The molecule has 29 rings (SSSR count). The Kier molecular flexibility index (Phi) is 21.6. The van der Waals surface area contributed by atoms with Gasteiger partial charge in [-0.05, 0) is 298 Å². The molecule has 0 N–H and O–H groups in total. The lowest BCUT2D eigenvalue weighted by atomic mass is 9.81. The predicted octanol–water partition coefficient (Wildman–Crippen LogP) is 39.5. The second kappa shape index (κ2) is 35.8. The highest BCUT2D eigenvalue weighted by atomic mass is 16.3. The van der Waals surface area contributed by atoms with Crippen LogP contribution in [-0.4, -0.2) is 9.13 Å². The van der Waals surface area contributed by atoms with Crippen LogP contribution in [0.2, 0.25) is 0 Å². The van der Waals surface area contributed by atoms with Gasteiger partial charge < -0.3 is 28.3 Å². The molecule has 150 heavy (non-hydrogen) atoms. The third kappa shape index (κ3) is 15.0. The fourth-order valence-corrected chi connectivity index (χ4v) is 25.1. The monoisotopic (exact) mass is 1920 g/mol. The summed E-state index contributed by atoms with van der Waals surface area (Å²) in [7, 11) is 0. The molecule has 0 unspecified atom stereocenters. The van der Waals surface area contributed by atoms with E-state index in [2.05, 4.69) is 583 Å². The van der Waals surface area contributed by atoms with Gasteiger partial charge in [0.05, 0.1) is 22.1 Å². The van der Waals surface area contributed by atoms with Crippen LogP contribution in [-0.2, 0) is 21.7 Å². The van der Waals surface area contributed by atoms with Gasteiger partial charge in [0.25, 0.3) is 0 Å². The molecule has 22 aromatic carbocycles. The fraction of sp³-hybridized carbons (Fsp3) is 0.0833. The summed E-state index contributed by atoms with van der Waals surface area (Å²) in [5.74, 6) is 0. The Hall–Kier alpha value is -18.4. The van der Waals surface area contributed by atoms with Crippen molar-refractivity contribution in [3.8, 4) is 100 Å². The van der Waals surface area contributed by atoms with Crippen LogP contribution >= 0.6 is 0 Å². The molecular formula is C144H109N5O. The first kappa shape index (κ1) is 90.4. The Morgan fingerprint density at radius 3 is 0.813 bits per heavy atom. The molecule has 0 radical (unpaired) electrons. The molecule has 6 heteroatoms. The number of furan rings is 1. The first-order chi connectivity index (χ1) is 73.4. The van der Waals surface area contributed by atoms with Gasteiger partial charge in [-0.3, -0.25) is 0 Å². The zero-order valence-electron chi connectivity index (χ0n) is 85.2. The molecule has 0 spiro atoms.